The predicted molar refractivity (Wildman–Crippen MR) is 101 cm³/mol. The van der Waals surface area contributed by atoms with E-state index in [4.69, 9.17) is 4.74 Å². The predicted octanol–water partition coefficient (Wildman–Crippen LogP) is 4.08. The average molecular weight is 380 g/mol. The summed E-state index contributed by atoms with van der Waals surface area (Å²) in [6, 6.07) is 13.0. The molecule has 1 heterocycles. The van der Waals surface area contributed by atoms with E-state index in [1.54, 1.807) is 19.1 Å². The van der Waals surface area contributed by atoms with Gasteiger partial charge in [-0.3, -0.25) is 4.79 Å². The molecule has 0 fully saturated rings. The number of anilines is 2. The number of benzene rings is 2. The van der Waals surface area contributed by atoms with Crippen LogP contribution < -0.4 is 5.32 Å². The molecule has 3 aromatic rings. The van der Waals surface area contributed by atoms with Crippen LogP contribution in [-0.2, 0) is 4.74 Å². The molecular formula is C21H17FN2O4. The Balaban J connectivity index is 1.99. The third kappa shape index (κ3) is 4.15. The van der Waals surface area contributed by atoms with Crippen LogP contribution in [0.15, 0.2) is 60.8 Å². The molecule has 0 aliphatic carbocycles. The monoisotopic (exact) mass is 380 g/mol. The Hall–Kier alpha value is -3.74. The number of phenols is 1. The normalized spacial score (nSPS) is 10.4. The molecule has 0 atom stereocenters. The van der Waals surface area contributed by atoms with Gasteiger partial charge in [-0.05, 0) is 49.4 Å². The van der Waals surface area contributed by atoms with Crippen LogP contribution >= 0.6 is 0 Å². The second-order valence-corrected chi connectivity index (χ2v) is 5.82. The lowest BCUT2D eigenvalue weighted by molar-refractivity contribution is 0.0527. The number of nitrogens with one attached hydrogen (secondary N) is 1. The van der Waals surface area contributed by atoms with Crippen molar-refractivity contribution < 1.29 is 23.8 Å². The molecule has 0 aliphatic rings. The zero-order valence-corrected chi connectivity index (χ0v) is 15.0. The van der Waals surface area contributed by atoms with Gasteiger partial charge in [0.05, 0.1) is 12.2 Å². The van der Waals surface area contributed by atoms with E-state index in [9.17, 15) is 19.1 Å². The van der Waals surface area contributed by atoms with Crippen molar-refractivity contribution in [3.8, 4) is 5.75 Å². The summed E-state index contributed by atoms with van der Waals surface area (Å²) in [5.74, 6) is -1.54. The maximum absolute atomic E-state index is 13.1. The molecule has 0 bridgehead atoms. The first-order valence-corrected chi connectivity index (χ1v) is 8.52. The summed E-state index contributed by atoms with van der Waals surface area (Å²) in [4.78, 5) is 29.2. The second kappa shape index (κ2) is 8.30. The lowest BCUT2D eigenvalue weighted by Crippen LogP contribution is -2.12. The molecule has 0 unspecified atom stereocenters. The first-order valence-electron chi connectivity index (χ1n) is 8.52. The summed E-state index contributed by atoms with van der Waals surface area (Å²) in [7, 11) is 0. The number of aromatic hydroxyl groups is 1. The molecule has 0 saturated heterocycles. The quantitative estimate of drug-likeness (QED) is 0.495. The molecular weight excluding hydrogens is 363 g/mol. The third-order valence-electron chi connectivity index (χ3n) is 3.90. The summed E-state index contributed by atoms with van der Waals surface area (Å²) in [5, 5.41) is 12.8. The van der Waals surface area contributed by atoms with E-state index in [0.29, 0.717) is 5.69 Å². The number of esters is 1. The Kier molecular flexibility index (Phi) is 5.64. The maximum Gasteiger partial charge on any atom is 0.341 e. The highest BCUT2D eigenvalue weighted by molar-refractivity contribution is 6.11. The Morgan fingerprint density at radius 2 is 1.82 bits per heavy atom. The number of phenolic OH excluding ortho intramolecular Hbond substituents is 1. The highest BCUT2D eigenvalue weighted by Crippen LogP contribution is 2.24. The van der Waals surface area contributed by atoms with Crippen LogP contribution in [0.4, 0.5) is 15.9 Å². The maximum atomic E-state index is 13.1. The number of halogens is 1. The number of nitrogens with zero attached hydrogens (tertiary/aromatic N) is 1. The number of para-hydroxylation sites is 1. The molecule has 0 radical (unpaired) electrons. The minimum absolute atomic E-state index is 0.0486. The minimum atomic E-state index is -0.661. The van der Waals surface area contributed by atoms with Gasteiger partial charge in [0.2, 0.25) is 0 Å². The van der Waals surface area contributed by atoms with Crippen molar-refractivity contribution in [2.45, 2.75) is 6.92 Å². The largest absolute Gasteiger partial charge is 0.507 e. The molecule has 0 aliphatic heterocycles. The summed E-state index contributed by atoms with van der Waals surface area (Å²) in [6.07, 6.45) is 1.29. The highest BCUT2D eigenvalue weighted by atomic mass is 19.1. The highest BCUT2D eigenvalue weighted by Gasteiger charge is 2.20. The van der Waals surface area contributed by atoms with Gasteiger partial charge >= 0.3 is 5.97 Å². The lowest BCUT2D eigenvalue weighted by atomic mass is 10.0. The van der Waals surface area contributed by atoms with E-state index >= 15 is 0 Å². The first-order chi connectivity index (χ1) is 13.5. The Morgan fingerprint density at radius 3 is 2.50 bits per heavy atom. The van der Waals surface area contributed by atoms with E-state index in [-0.39, 0.29) is 34.9 Å². The van der Waals surface area contributed by atoms with Gasteiger partial charge in [0.25, 0.3) is 0 Å². The van der Waals surface area contributed by atoms with Gasteiger partial charge in [-0.25, -0.2) is 14.2 Å². The van der Waals surface area contributed by atoms with Crippen molar-refractivity contribution in [1.29, 1.82) is 0 Å². The van der Waals surface area contributed by atoms with Crippen molar-refractivity contribution in [3.63, 3.8) is 0 Å². The molecule has 6 nitrogen and oxygen atoms in total. The van der Waals surface area contributed by atoms with Gasteiger partial charge < -0.3 is 15.2 Å². The first kappa shape index (κ1) is 19.0. The van der Waals surface area contributed by atoms with Gasteiger partial charge in [-0.1, -0.05) is 12.1 Å². The standard InChI is InChI=1S/C21H17FN2O4/c1-2-28-21(27)17-11-13(19(26)16-5-3-4-6-18(16)25)12-23-20(17)24-15-9-7-14(22)8-10-15/h3-12,25H,2H2,1H3,(H,23,24). The van der Waals surface area contributed by atoms with Gasteiger partial charge in [0, 0.05) is 17.4 Å². The van der Waals surface area contributed by atoms with Crippen molar-refractivity contribution in [2.75, 3.05) is 11.9 Å². The van der Waals surface area contributed by atoms with Crippen molar-refractivity contribution in [1.82, 2.24) is 4.98 Å². The van der Waals surface area contributed by atoms with E-state index in [0.717, 1.165) is 0 Å². The van der Waals surface area contributed by atoms with Crippen LogP contribution in [0.5, 0.6) is 5.75 Å². The third-order valence-corrected chi connectivity index (χ3v) is 3.90. The van der Waals surface area contributed by atoms with Crippen molar-refractivity contribution in [3.05, 3.63) is 83.3 Å². The molecule has 2 N–H and O–H groups in total. The van der Waals surface area contributed by atoms with Crippen molar-refractivity contribution >= 4 is 23.3 Å². The van der Waals surface area contributed by atoms with E-state index in [1.165, 1.54) is 48.7 Å². The number of aromatic nitrogens is 1. The topological polar surface area (TPSA) is 88.5 Å². The zero-order valence-electron chi connectivity index (χ0n) is 15.0. The molecule has 142 valence electrons. The molecule has 0 saturated carbocycles. The van der Waals surface area contributed by atoms with Crippen LogP contribution in [0.2, 0.25) is 0 Å². The number of rotatable bonds is 6. The fourth-order valence-corrected chi connectivity index (χ4v) is 2.54. The van der Waals surface area contributed by atoms with Gasteiger partial charge in [0.1, 0.15) is 22.9 Å². The molecule has 1 aromatic heterocycles. The summed E-state index contributed by atoms with van der Waals surface area (Å²) >= 11 is 0. The van der Waals surface area contributed by atoms with Crippen LogP contribution in [-0.4, -0.2) is 28.4 Å². The lowest BCUT2D eigenvalue weighted by Gasteiger charge is -2.12. The number of hydrogen-bond acceptors (Lipinski definition) is 6. The Labute approximate surface area is 160 Å². The molecule has 0 spiro atoms. The molecule has 3 rings (SSSR count). The summed E-state index contributed by atoms with van der Waals surface area (Å²) in [6.45, 7) is 1.81. The smallest absolute Gasteiger partial charge is 0.341 e. The summed E-state index contributed by atoms with van der Waals surface area (Å²) < 4.78 is 18.1. The van der Waals surface area contributed by atoms with Crippen LogP contribution in [0.25, 0.3) is 0 Å². The fourth-order valence-electron chi connectivity index (χ4n) is 2.54. The van der Waals surface area contributed by atoms with Crippen molar-refractivity contribution in [2.24, 2.45) is 0 Å². The van der Waals surface area contributed by atoms with E-state index in [1.807, 2.05) is 0 Å². The van der Waals surface area contributed by atoms with Gasteiger partial charge in [-0.15, -0.1) is 0 Å². The SMILES string of the molecule is CCOC(=O)c1cc(C(=O)c2ccccc2O)cnc1Nc1ccc(F)cc1. The van der Waals surface area contributed by atoms with Crippen LogP contribution in [0, 0.1) is 5.82 Å². The fraction of sp³-hybridized carbons (Fsp3) is 0.0952. The van der Waals surface area contributed by atoms with E-state index < -0.39 is 17.6 Å². The molecule has 2 aromatic carbocycles. The number of carbonyl (C=O) groups is 2. The minimum Gasteiger partial charge on any atom is -0.507 e. The zero-order chi connectivity index (χ0) is 20.1. The van der Waals surface area contributed by atoms with E-state index in [2.05, 4.69) is 10.3 Å². The molecule has 28 heavy (non-hydrogen) atoms. The van der Waals surface area contributed by atoms with Crippen LogP contribution in [0.3, 0.4) is 0 Å². The van der Waals surface area contributed by atoms with Gasteiger partial charge in [0.15, 0.2) is 5.78 Å². The van der Waals surface area contributed by atoms with Crippen LogP contribution in [0.1, 0.15) is 33.2 Å². The number of hydrogen-bond donors (Lipinski definition) is 2. The number of ketones is 1. The van der Waals surface area contributed by atoms with Gasteiger partial charge in [-0.2, -0.15) is 0 Å². The summed E-state index contributed by atoms with van der Waals surface area (Å²) in [5.41, 5.74) is 0.777. The second-order valence-electron chi connectivity index (χ2n) is 5.82. The molecule has 0 amide bonds. The Bertz CT molecular complexity index is 1020. The number of pyridine rings is 1. The number of ether oxygens (including phenoxy) is 1. The average Bonchev–Trinajstić information content (AvgIpc) is 2.70. The molecule has 7 heteroatoms. The number of carbonyl (C=O) groups excluding carboxylic acids is 2. The Morgan fingerprint density at radius 1 is 1.11 bits per heavy atom.